The van der Waals surface area contributed by atoms with Gasteiger partial charge in [0, 0.05) is 10.6 Å². The Morgan fingerprint density at radius 1 is 0.806 bits per heavy atom. The number of aryl methyl sites for hydroxylation is 3. The van der Waals surface area contributed by atoms with E-state index in [0.717, 1.165) is 21.6 Å². The number of halogens is 1. The van der Waals surface area contributed by atoms with Gasteiger partial charge in [0.25, 0.3) is 11.8 Å². The monoisotopic (exact) mass is 432 g/mol. The molecule has 0 unspecified atom stereocenters. The van der Waals surface area contributed by atoms with Crippen LogP contribution in [0, 0.1) is 26.6 Å². The lowest BCUT2D eigenvalue weighted by Crippen LogP contribution is -2.33. The summed E-state index contributed by atoms with van der Waals surface area (Å²) >= 11 is 1.24. The number of nitrogens with zero attached hydrogens (tertiary/aromatic N) is 1. The van der Waals surface area contributed by atoms with Crippen molar-refractivity contribution in [2.75, 3.05) is 10.2 Å². The van der Waals surface area contributed by atoms with E-state index in [4.69, 9.17) is 0 Å². The van der Waals surface area contributed by atoms with Gasteiger partial charge < -0.3 is 5.32 Å². The minimum absolute atomic E-state index is 0.183. The van der Waals surface area contributed by atoms with Crippen LogP contribution in [0.5, 0.6) is 0 Å². The van der Waals surface area contributed by atoms with E-state index in [1.807, 2.05) is 57.2 Å². The molecule has 1 aliphatic heterocycles. The number of nitrogens with one attached hydrogen (secondary N) is 1. The molecule has 3 aromatic carbocycles. The van der Waals surface area contributed by atoms with Gasteiger partial charge >= 0.3 is 0 Å². The van der Waals surface area contributed by atoms with Gasteiger partial charge in [-0.3, -0.25) is 9.59 Å². The van der Waals surface area contributed by atoms with Gasteiger partial charge in [-0.15, -0.1) is 0 Å². The van der Waals surface area contributed by atoms with Crippen molar-refractivity contribution in [3.63, 3.8) is 0 Å². The number of hydrogen-bond acceptors (Lipinski definition) is 4. The summed E-state index contributed by atoms with van der Waals surface area (Å²) in [6.45, 7) is 5.82. The fourth-order valence-electron chi connectivity index (χ4n) is 3.39. The molecular formula is C25H21FN2O2S. The Morgan fingerprint density at radius 3 is 2.10 bits per heavy atom. The summed E-state index contributed by atoms with van der Waals surface area (Å²) in [5.41, 5.74) is 4.26. The van der Waals surface area contributed by atoms with Crippen LogP contribution >= 0.6 is 11.8 Å². The molecule has 1 N–H and O–H groups in total. The molecule has 4 rings (SSSR count). The standard InChI is InChI=1S/C25H21FN2O2S/c1-15-4-11-20(12-5-15)31-23-22(27-19-9-7-18(26)8-10-19)24(29)28(25(23)30)21-13-6-16(2)14-17(21)3/h4-14,27H,1-3H3. The molecule has 0 bridgehead atoms. The van der Waals surface area contributed by atoms with Crippen LogP contribution in [-0.4, -0.2) is 11.8 Å². The third kappa shape index (κ3) is 4.25. The largest absolute Gasteiger partial charge is 0.350 e. The topological polar surface area (TPSA) is 49.4 Å². The summed E-state index contributed by atoms with van der Waals surface area (Å²) in [6.07, 6.45) is 0. The summed E-state index contributed by atoms with van der Waals surface area (Å²) in [5.74, 6) is -1.19. The molecule has 0 atom stereocenters. The highest BCUT2D eigenvalue weighted by atomic mass is 32.2. The number of hydrogen-bond donors (Lipinski definition) is 1. The average molecular weight is 433 g/mol. The molecule has 2 amide bonds. The van der Waals surface area contributed by atoms with Crippen LogP contribution in [0.2, 0.25) is 0 Å². The molecule has 0 aliphatic carbocycles. The Balaban J connectivity index is 1.76. The van der Waals surface area contributed by atoms with E-state index in [-0.39, 0.29) is 17.4 Å². The van der Waals surface area contributed by atoms with Gasteiger partial charge in [0.05, 0.1) is 5.69 Å². The molecule has 0 fully saturated rings. The predicted octanol–water partition coefficient (Wildman–Crippen LogP) is 5.74. The minimum atomic E-state index is -0.434. The number of benzene rings is 3. The summed E-state index contributed by atoms with van der Waals surface area (Å²) in [5, 5.41) is 3.04. The molecular weight excluding hydrogens is 411 g/mol. The Bertz CT molecular complexity index is 1130. The van der Waals surface area contributed by atoms with Crippen molar-refractivity contribution in [1.29, 1.82) is 0 Å². The van der Waals surface area contributed by atoms with Gasteiger partial charge in [-0.1, -0.05) is 47.2 Å². The van der Waals surface area contributed by atoms with E-state index in [9.17, 15) is 14.0 Å². The van der Waals surface area contributed by atoms with Gasteiger partial charge in [-0.05, 0) is 68.8 Å². The highest BCUT2D eigenvalue weighted by Gasteiger charge is 2.40. The molecule has 0 radical (unpaired) electrons. The molecule has 4 nitrogen and oxygen atoms in total. The van der Waals surface area contributed by atoms with Gasteiger partial charge in [0.1, 0.15) is 16.4 Å². The predicted molar refractivity (Wildman–Crippen MR) is 122 cm³/mol. The molecule has 0 saturated carbocycles. The van der Waals surface area contributed by atoms with Gasteiger partial charge in [-0.2, -0.15) is 0 Å². The molecule has 1 aliphatic rings. The van der Waals surface area contributed by atoms with E-state index in [0.29, 0.717) is 16.3 Å². The fourth-order valence-corrected chi connectivity index (χ4v) is 4.32. The zero-order chi connectivity index (χ0) is 22.1. The van der Waals surface area contributed by atoms with Crippen molar-refractivity contribution in [3.8, 4) is 0 Å². The summed E-state index contributed by atoms with van der Waals surface area (Å²) in [7, 11) is 0. The first-order valence-corrected chi connectivity index (χ1v) is 10.6. The molecule has 0 spiro atoms. The molecule has 31 heavy (non-hydrogen) atoms. The molecule has 6 heteroatoms. The number of rotatable bonds is 5. The second kappa shape index (κ2) is 8.40. The number of carbonyl (C=O) groups excluding carboxylic acids is 2. The minimum Gasteiger partial charge on any atom is -0.350 e. The van der Waals surface area contributed by atoms with Gasteiger partial charge in [-0.25, -0.2) is 9.29 Å². The Hall–Kier alpha value is -3.38. The van der Waals surface area contributed by atoms with Crippen molar-refractivity contribution < 1.29 is 14.0 Å². The lowest BCUT2D eigenvalue weighted by atomic mass is 10.1. The number of carbonyl (C=O) groups is 2. The fraction of sp³-hybridized carbons (Fsp3) is 0.120. The molecule has 156 valence electrons. The van der Waals surface area contributed by atoms with Crippen molar-refractivity contribution >= 4 is 35.0 Å². The van der Waals surface area contributed by atoms with Crippen LogP contribution in [0.15, 0.2) is 82.2 Å². The molecule has 3 aromatic rings. The van der Waals surface area contributed by atoms with Gasteiger partial charge in [0.2, 0.25) is 0 Å². The van der Waals surface area contributed by atoms with E-state index >= 15 is 0 Å². The average Bonchev–Trinajstić information content (AvgIpc) is 2.96. The quantitative estimate of drug-likeness (QED) is 0.523. The first-order valence-electron chi connectivity index (χ1n) is 9.81. The normalized spacial score (nSPS) is 13.9. The van der Waals surface area contributed by atoms with Crippen LogP contribution in [-0.2, 0) is 9.59 Å². The van der Waals surface area contributed by atoms with Crippen molar-refractivity contribution in [3.05, 3.63) is 99.8 Å². The van der Waals surface area contributed by atoms with Crippen LogP contribution in [0.3, 0.4) is 0 Å². The lowest BCUT2D eigenvalue weighted by molar-refractivity contribution is -0.120. The Labute approximate surface area is 184 Å². The smallest absolute Gasteiger partial charge is 0.283 e. The molecule has 0 aromatic heterocycles. The first-order chi connectivity index (χ1) is 14.8. The van der Waals surface area contributed by atoms with E-state index in [1.165, 1.54) is 40.9 Å². The summed E-state index contributed by atoms with van der Waals surface area (Å²) < 4.78 is 13.3. The molecule has 1 heterocycles. The number of imide groups is 1. The van der Waals surface area contributed by atoms with E-state index < -0.39 is 5.91 Å². The van der Waals surface area contributed by atoms with Crippen molar-refractivity contribution in [2.45, 2.75) is 25.7 Å². The Kier molecular flexibility index (Phi) is 5.65. The maximum Gasteiger partial charge on any atom is 0.283 e. The number of anilines is 2. The number of amides is 2. The molecule has 0 saturated heterocycles. The third-order valence-corrected chi connectivity index (χ3v) is 6.08. The van der Waals surface area contributed by atoms with Crippen LogP contribution < -0.4 is 10.2 Å². The van der Waals surface area contributed by atoms with Crippen LogP contribution in [0.1, 0.15) is 16.7 Å². The maximum absolute atomic E-state index is 13.4. The SMILES string of the molecule is Cc1ccc(SC2=C(Nc3ccc(F)cc3)C(=O)N(c3ccc(C)cc3C)C2=O)cc1. The summed E-state index contributed by atoms with van der Waals surface area (Å²) in [6, 6.07) is 19.0. The van der Waals surface area contributed by atoms with E-state index in [1.54, 1.807) is 6.07 Å². The zero-order valence-corrected chi connectivity index (χ0v) is 18.2. The second-order valence-corrected chi connectivity index (χ2v) is 8.57. The third-order valence-electron chi connectivity index (χ3n) is 4.99. The van der Waals surface area contributed by atoms with Crippen LogP contribution in [0.25, 0.3) is 0 Å². The zero-order valence-electron chi connectivity index (χ0n) is 17.4. The first kappa shape index (κ1) is 20.9. The van der Waals surface area contributed by atoms with Gasteiger partial charge in [0.15, 0.2) is 0 Å². The highest BCUT2D eigenvalue weighted by Crippen LogP contribution is 2.38. The highest BCUT2D eigenvalue weighted by molar-refractivity contribution is 8.04. The van der Waals surface area contributed by atoms with E-state index in [2.05, 4.69) is 5.32 Å². The van der Waals surface area contributed by atoms with Crippen molar-refractivity contribution in [2.24, 2.45) is 0 Å². The maximum atomic E-state index is 13.4. The Morgan fingerprint density at radius 2 is 1.45 bits per heavy atom. The summed E-state index contributed by atoms with van der Waals surface area (Å²) in [4.78, 5) is 29.1. The van der Waals surface area contributed by atoms with Crippen molar-refractivity contribution in [1.82, 2.24) is 0 Å². The number of thioether (sulfide) groups is 1. The van der Waals surface area contributed by atoms with Crippen LogP contribution in [0.4, 0.5) is 15.8 Å². The lowest BCUT2D eigenvalue weighted by Gasteiger charge is -2.18. The second-order valence-electron chi connectivity index (χ2n) is 7.49.